The lowest BCUT2D eigenvalue weighted by atomic mass is 9.60. The van der Waals surface area contributed by atoms with Crippen molar-refractivity contribution in [3.05, 3.63) is 47.0 Å². The zero-order valence-corrected chi connectivity index (χ0v) is 14.2. The van der Waals surface area contributed by atoms with E-state index in [4.69, 9.17) is 9.47 Å². The van der Waals surface area contributed by atoms with Gasteiger partial charge in [0.15, 0.2) is 0 Å². The van der Waals surface area contributed by atoms with Crippen LogP contribution < -0.4 is 0 Å². The summed E-state index contributed by atoms with van der Waals surface area (Å²) in [5, 5.41) is 0. The molecular weight excluding hydrogens is 308 g/mol. The van der Waals surface area contributed by atoms with Crippen LogP contribution >= 0.6 is 0 Å². The zero-order valence-electron chi connectivity index (χ0n) is 14.2. The standard InChI is InChI=1S/C23H22O2/c1-2-4-10(5-3-1)9-24-12-6-11(7-12)15-20-18-16-13-8-14-17(16)19(18)21(15)23(14)22(13,20)25-23/h1-5,12-14,16-21H,6-9H2/t12?,13-,14+,16-,17+,18+,19-,20-,21-,22-,23+/m0/s1. The van der Waals surface area contributed by atoms with Crippen LogP contribution in [-0.2, 0) is 16.1 Å². The predicted molar refractivity (Wildman–Crippen MR) is 90.4 cm³/mol. The van der Waals surface area contributed by atoms with E-state index in [2.05, 4.69) is 30.3 Å². The van der Waals surface area contributed by atoms with Gasteiger partial charge in [0.2, 0.25) is 0 Å². The molecule has 10 rings (SSSR count). The van der Waals surface area contributed by atoms with Gasteiger partial charge in [0.25, 0.3) is 0 Å². The molecule has 0 aromatic heterocycles. The second-order valence-electron chi connectivity index (χ2n) is 10.3. The minimum atomic E-state index is 0.388. The highest BCUT2D eigenvalue weighted by atomic mass is 16.6. The maximum absolute atomic E-state index is 6.70. The van der Waals surface area contributed by atoms with Crippen molar-refractivity contribution in [1.82, 2.24) is 0 Å². The summed E-state index contributed by atoms with van der Waals surface area (Å²) in [5.74, 6) is 7.96. The van der Waals surface area contributed by atoms with Crippen molar-refractivity contribution in [3.63, 3.8) is 0 Å². The van der Waals surface area contributed by atoms with Gasteiger partial charge in [0.05, 0.1) is 12.7 Å². The first-order valence-electron chi connectivity index (χ1n) is 10.4. The Bertz CT molecular complexity index is 856. The third-order valence-electron chi connectivity index (χ3n) is 10.3. The van der Waals surface area contributed by atoms with Crippen LogP contribution in [0.2, 0.25) is 0 Å². The van der Waals surface area contributed by atoms with E-state index in [1.807, 2.05) is 5.57 Å². The fourth-order valence-corrected chi connectivity index (χ4v) is 10.1. The van der Waals surface area contributed by atoms with Crippen molar-refractivity contribution in [1.29, 1.82) is 0 Å². The fourth-order valence-electron chi connectivity index (χ4n) is 10.1. The normalized spacial score (nSPS) is 64.2. The van der Waals surface area contributed by atoms with Gasteiger partial charge in [-0.2, -0.15) is 0 Å². The lowest BCUT2D eigenvalue weighted by molar-refractivity contribution is 0.0143. The molecule has 9 aliphatic rings. The first-order valence-corrected chi connectivity index (χ1v) is 10.4. The van der Waals surface area contributed by atoms with Gasteiger partial charge in [0.1, 0.15) is 11.2 Å². The average molecular weight is 330 g/mol. The number of ether oxygens (including phenoxy) is 2. The quantitative estimate of drug-likeness (QED) is 0.624. The molecule has 0 radical (unpaired) electrons. The molecule has 0 amide bonds. The average Bonchev–Trinajstić information content (AvgIpc) is 2.71. The molecule has 9 fully saturated rings. The maximum atomic E-state index is 6.70. The molecule has 8 saturated carbocycles. The van der Waals surface area contributed by atoms with Gasteiger partial charge >= 0.3 is 0 Å². The lowest BCUT2D eigenvalue weighted by Gasteiger charge is -2.43. The monoisotopic (exact) mass is 330 g/mol. The van der Waals surface area contributed by atoms with Crippen LogP contribution in [-0.4, -0.2) is 17.3 Å². The molecule has 2 heteroatoms. The van der Waals surface area contributed by atoms with Crippen LogP contribution in [0.1, 0.15) is 24.8 Å². The van der Waals surface area contributed by atoms with Crippen LogP contribution in [0, 0.1) is 47.3 Å². The fraction of sp³-hybridized carbons (Fsp3) is 0.652. The molecule has 4 bridgehead atoms. The van der Waals surface area contributed by atoms with Gasteiger partial charge < -0.3 is 9.47 Å². The van der Waals surface area contributed by atoms with Crippen molar-refractivity contribution in [2.24, 2.45) is 47.3 Å². The highest BCUT2D eigenvalue weighted by molar-refractivity contribution is 5.62. The van der Waals surface area contributed by atoms with Crippen molar-refractivity contribution in [2.75, 3.05) is 0 Å². The Morgan fingerprint density at radius 2 is 1.60 bits per heavy atom. The highest BCUT2D eigenvalue weighted by Gasteiger charge is 3.07. The Morgan fingerprint density at radius 1 is 0.920 bits per heavy atom. The third kappa shape index (κ3) is 0.907. The second-order valence-corrected chi connectivity index (χ2v) is 10.3. The minimum absolute atomic E-state index is 0.388. The summed E-state index contributed by atoms with van der Waals surface area (Å²) < 4.78 is 12.9. The maximum Gasteiger partial charge on any atom is 0.109 e. The number of hydrogen-bond acceptors (Lipinski definition) is 2. The number of rotatable bonds is 3. The molecule has 1 aromatic rings. The zero-order chi connectivity index (χ0) is 15.7. The van der Waals surface area contributed by atoms with Crippen LogP contribution in [0.5, 0.6) is 0 Å². The topological polar surface area (TPSA) is 21.8 Å². The second kappa shape index (κ2) is 3.27. The van der Waals surface area contributed by atoms with Gasteiger partial charge in [0, 0.05) is 11.8 Å². The van der Waals surface area contributed by atoms with Crippen LogP contribution in [0.25, 0.3) is 0 Å². The summed E-state index contributed by atoms with van der Waals surface area (Å²) in [5.41, 5.74) is 5.83. The Hall–Kier alpha value is -1.12. The Balaban J connectivity index is 1.03. The Kier molecular flexibility index (Phi) is 1.61. The molecular formula is C23H22O2. The molecule has 10 atom stereocenters. The summed E-state index contributed by atoms with van der Waals surface area (Å²) in [7, 11) is 0. The van der Waals surface area contributed by atoms with E-state index in [1.165, 1.54) is 18.4 Å². The van der Waals surface area contributed by atoms with Gasteiger partial charge in [-0.15, -0.1) is 0 Å². The van der Waals surface area contributed by atoms with E-state index in [0.29, 0.717) is 17.3 Å². The summed E-state index contributed by atoms with van der Waals surface area (Å²) >= 11 is 0. The molecule has 2 nitrogen and oxygen atoms in total. The van der Waals surface area contributed by atoms with E-state index >= 15 is 0 Å². The molecule has 126 valence electrons. The number of epoxide rings is 1. The summed E-state index contributed by atoms with van der Waals surface area (Å²) in [4.78, 5) is 0. The molecule has 1 aromatic carbocycles. The molecule has 2 spiro atoms. The highest BCUT2D eigenvalue weighted by Crippen LogP contribution is 3.02. The van der Waals surface area contributed by atoms with Crippen molar-refractivity contribution < 1.29 is 9.47 Å². The Labute approximate surface area is 147 Å². The van der Waals surface area contributed by atoms with E-state index in [-0.39, 0.29) is 0 Å². The van der Waals surface area contributed by atoms with E-state index < -0.39 is 0 Å². The first-order chi connectivity index (χ1) is 12.4. The van der Waals surface area contributed by atoms with Crippen LogP contribution in [0.4, 0.5) is 0 Å². The number of hydrogen-bond donors (Lipinski definition) is 0. The third-order valence-corrected chi connectivity index (χ3v) is 10.3. The number of benzene rings is 1. The van der Waals surface area contributed by atoms with Gasteiger partial charge in [-0.05, 0) is 60.3 Å². The van der Waals surface area contributed by atoms with Crippen molar-refractivity contribution >= 4 is 0 Å². The molecule has 1 aliphatic heterocycles. The van der Waals surface area contributed by atoms with Crippen molar-refractivity contribution in [2.45, 2.75) is 43.2 Å². The van der Waals surface area contributed by atoms with E-state index in [9.17, 15) is 0 Å². The predicted octanol–water partition coefficient (Wildman–Crippen LogP) is 3.57. The molecule has 0 unspecified atom stereocenters. The SMILES string of the molecule is c1ccc(COC2CC(=C3[C@H]4[C@H]5[C@H]6[C@H]7[C@H]5[C@H]3[C@]35O[C@]43[C@@H]6C[C@@H]75)C2)cc1. The summed E-state index contributed by atoms with van der Waals surface area (Å²) in [6.45, 7) is 0.775. The minimum Gasteiger partial charge on any atom is -0.373 e. The largest absolute Gasteiger partial charge is 0.373 e. The van der Waals surface area contributed by atoms with E-state index in [0.717, 1.165) is 54.0 Å². The molecule has 1 saturated heterocycles. The van der Waals surface area contributed by atoms with E-state index in [1.54, 1.807) is 12.0 Å². The molecule has 25 heavy (non-hydrogen) atoms. The molecule has 0 N–H and O–H groups in total. The molecule has 1 heterocycles. The van der Waals surface area contributed by atoms with Gasteiger partial charge in [-0.1, -0.05) is 41.5 Å². The smallest absolute Gasteiger partial charge is 0.109 e. The first kappa shape index (κ1) is 12.3. The van der Waals surface area contributed by atoms with Crippen LogP contribution in [0.3, 0.4) is 0 Å². The summed E-state index contributed by atoms with van der Waals surface area (Å²) in [6.07, 6.45) is 4.43. The molecule has 8 aliphatic carbocycles. The van der Waals surface area contributed by atoms with Gasteiger partial charge in [-0.25, -0.2) is 0 Å². The van der Waals surface area contributed by atoms with Gasteiger partial charge in [-0.3, -0.25) is 0 Å². The Morgan fingerprint density at radius 3 is 2.28 bits per heavy atom. The lowest BCUT2D eigenvalue weighted by Crippen LogP contribution is -2.41. The van der Waals surface area contributed by atoms with Crippen molar-refractivity contribution in [3.8, 4) is 0 Å². The van der Waals surface area contributed by atoms with Crippen LogP contribution in [0.15, 0.2) is 41.5 Å². The summed E-state index contributed by atoms with van der Waals surface area (Å²) in [6, 6.07) is 10.6.